The molecule has 0 saturated heterocycles. The summed E-state index contributed by atoms with van der Waals surface area (Å²) < 4.78 is 11.3. The lowest BCUT2D eigenvalue weighted by molar-refractivity contribution is 0.208. The third-order valence-corrected chi connectivity index (χ3v) is 4.35. The maximum absolute atomic E-state index is 6.39. The Morgan fingerprint density at radius 3 is 2.36 bits per heavy atom. The fourth-order valence-corrected chi connectivity index (χ4v) is 2.57. The molecular weight excluding hydrogens is 334 g/mol. The standard InChI is InChI=1S/C21H26ClNO2/c1-6-15(4)25-21-19(22)11-16(12-20(21)24-5)13-23-18-9-7-17(8-10-18)14(2)3/h7-15H,6H2,1-5H3/t15-/m0/s1. The number of benzene rings is 2. The molecule has 25 heavy (non-hydrogen) atoms. The van der Waals surface area contributed by atoms with Crippen molar-refractivity contribution in [3.63, 3.8) is 0 Å². The van der Waals surface area contributed by atoms with Crippen LogP contribution in [0.4, 0.5) is 5.69 Å². The van der Waals surface area contributed by atoms with Gasteiger partial charge in [0.05, 0.1) is 23.9 Å². The predicted octanol–water partition coefficient (Wildman–Crippen LogP) is 6.40. The van der Waals surface area contributed by atoms with Gasteiger partial charge >= 0.3 is 0 Å². The van der Waals surface area contributed by atoms with Gasteiger partial charge in [0.15, 0.2) is 11.5 Å². The van der Waals surface area contributed by atoms with Crippen LogP contribution >= 0.6 is 11.6 Å². The highest BCUT2D eigenvalue weighted by molar-refractivity contribution is 6.32. The molecule has 0 aliphatic carbocycles. The summed E-state index contributed by atoms with van der Waals surface area (Å²) in [5, 5.41) is 0.524. The molecule has 2 rings (SSSR count). The van der Waals surface area contributed by atoms with Gasteiger partial charge in [-0.2, -0.15) is 0 Å². The summed E-state index contributed by atoms with van der Waals surface area (Å²) in [6, 6.07) is 12.0. The molecule has 0 aliphatic heterocycles. The van der Waals surface area contributed by atoms with E-state index in [0.717, 1.165) is 17.7 Å². The van der Waals surface area contributed by atoms with Gasteiger partial charge in [0.1, 0.15) is 0 Å². The van der Waals surface area contributed by atoms with Gasteiger partial charge in [-0.15, -0.1) is 0 Å². The minimum Gasteiger partial charge on any atom is -0.493 e. The number of methoxy groups -OCH3 is 1. The molecule has 0 amide bonds. The average molecular weight is 360 g/mol. The first-order valence-corrected chi connectivity index (χ1v) is 9.00. The van der Waals surface area contributed by atoms with Crippen LogP contribution in [0, 0.1) is 0 Å². The van der Waals surface area contributed by atoms with E-state index >= 15 is 0 Å². The molecule has 2 aromatic rings. The van der Waals surface area contributed by atoms with Crippen molar-refractivity contribution >= 4 is 23.5 Å². The van der Waals surface area contributed by atoms with Gasteiger partial charge in [-0.25, -0.2) is 0 Å². The Morgan fingerprint density at radius 1 is 1.12 bits per heavy atom. The van der Waals surface area contributed by atoms with Crippen LogP contribution in [0.25, 0.3) is 0 Å². The second-order valence-corrected chi connectivity index (χ2v) is 6.78. The minimum atomic E-state index is 0.0744. The van der Waals surface area contributed by atoms with Gasteiger partial charge in [0.2, 0.25) is 0 Å². The van der Waals surface area contributed by atoms with Crippen molar-refractivity contribution in [1.29, 1.82) is 0 Å². The summed E-state index contributed by atoms with van der Waals surface area (Å²) >= 11 is 6.39. The number of nitrogens with zero attached hydrogens (tertiary/aromatic N) is 1. The molecular formula is C21H26ClNO2. The summed E-state index contributed by atoms with van der Waals surface area (Å²) in [5.41, 5.74) is 3.07. The molecule has 134 valence electrons. The topological polar surface area (TPSA) is 30.8 Å². The Morgan fingerprint density at radius 2 is 1.80 bits per heavy atom. The largest absolute Gasteiger partial charge is 0.493 e. The fraction of sp³-hybridized carbons (Fsp3) is 0.381. The predicted molar refractivity (Wildman–Crippen MR) is 106 cm³/mol. The van der Waals surface area contributed by atoms with Gasteiger partial charge in [0, 0.05) is 6.21 Å². The molecule has 4 heteroatoms. The van der Waals surface area contributed by atoms with Crippen molar-refractivity contribution in [2.24, 2.45) is 4.99 Å². The van der Waals surface area contributed by atoms with E-state index in [9.17, 15) is 0 Å². The highest BCUT2D eigenvalue weighted by Crippen LogP contribution is 2.37. The van der Waals surface area contributed by atoms with Crippen molar-refractivity contribution in [3.8, 4) is 11.5 Å². The van der Waals surface area contributed by atoms with Crippen LogP contribution in [-0.4, -0.2) is 19.4 Å². The molecule has 0 heterocycles. The van der Waals surface area contributed by atoms with Crippen molar-refractivity contribution in [1.82, 2.24) is 0 Å². The Labute approximate surface area is 155 Å². The van der Waals surface area contributed by atoms with E-state index in [1.165, 1.54) is 5.56 Å². The summed E-state index contributed by atoms with van der Waals surface area (Å²) in [5.74, 6) is 1.71. The fourth-order valence-electron chi connectivity index (χ4n) is 2.31. The van der Waals surface area contributed by atoms with Gasteiger partial charge in [-0.3, -0.25) is 4.99 Å². The summed E-state index contributed by atoms with van der Waals surface area (Å²) in [6.45, 7) is 8.42. The monoisotopic (exact) mass is 359 g/mol. The molecule has 2 aromatic carbocycles. The highest BCUT2D eigenvalue weighted by atomic mass is 35.5. The molecule has 0 aliphatic rings. The van der Waals surface area contributed by atoms with Crippen LogP contribution in [-0.2, 0) is 0 Å². The van der Waals surface area contributed by atoms with Crippen LogP contribution in [0.2, 0.25) is 5.02 Å². The van der Waals surface area contributed by atoms with E-state index in [-0.39, 0.29) is 6.10 Å². The molecule has 0 bridgehead atoms. The van der Waals surface area contributed by atoms with E-state index in [0.29, 0.717) is 22.4 Å². The molecule has 0 saturated carbocycles. The van der Waals surface area contributed by atoms with Crippen molar-refractivity contribution in [2.75, 3.05) is 7.11 Å². The van der Waals surface area contributed by atoms with Gasteiger partial charge in [0.25, 0.3) is 0 Å². The molecule has 1 atom stereocenters. The number of hydrogen-bond acceptors (Lipinski definition) is 3. The third kappa shape index (κ3) is 5.23. The van der Waals surface area contributed by atoms with Crippen LogP contribution in [0.15, 0.2) is 41.4 Å². The van der Waals surface area contributed by atoms with E-state index < -0.39 is 0 Å². The van der Waals surface area contributed by atoms with Crippen LogP contribution < -0.4 is 9.47 Å². The summed E-state index contributed by atoms with van der Waals surface area (Å²) in [4.78, 5) is 4.52. The third-order valence-electron chi connectivity index (χ3n) is 4.07. The summed E-state index contributed by atoms with van der Waals surface area (Å²) in [6.07, 6.45) is 2.76. The van der Waals surface area contributed by atoms with Crippen molar-refractivity contribution in [3.05, 3.63) is 52.5 Å². The zero-order chi connectivity index (χ0) is 18.4. The van der Waals surface area contributed by atoms with Crippen LogP contribution in [0.1, 0.15) is 51.2 Å². The molecule has 0 fully saturated rings. The Balaban J connectivity index is 2.23. The number of hydrogen-bond donors (Lipinski definition) is 0. The van der Waals surface area contributed by atoms with E-state index in [1.807, 2.05) is 31.2 Å². The molecule has 3 nitrogen and oxygen atoms in total. The minimum absolute atomic E-state index is 0.0744. The smallest absolute Gasteiger partial charge is 0.180 e. The normalized spacial score (nSPS) is 12.6. The van der Waals surface area contributed by atoms with E-state index in [4.69, 9.17) is 21.1 Å². The summed E-state index contributed by atoms with van der Waals surface area (Å²) in [7, 11) is 1.61. The Bertz CT molecular complexity index is 723. The number of rotatable bonds is 7. The first-order chi connectivity index (χ1) is 11.9. The number of halogens is 1. The Hall–Kier alpha value is -2.00. The second kappa shape index (κ2) is 8.91. The quantitative estimate of drug-likeness (QED) is 0.535. The van der Waals surface area contributed by atoms with Gasteiger partial charge < -0.3 is 9.47 Å². The zero-order valence-electron chi connectivity index (χ0n) is 15.5. The number of aliphatic imine (C=N–C) groups is 1. The first kappa shape index (κ1) is 19.3. The average Bonchev–Trinajstić information content (AvgIpc) is 2.61. The van der Waals surface area contributed by atoms with Gasteiger partial charge in [-0.05, 0) is 54.7 Å². The molecule has 0 unspecified atom stereocenters. The maximum Gasteiger partial charge on any atom is 0.180 e. The van der Waals surface area contributed by atoms with Crippen LogP contribution in [0.3, 0.4) is 0 Å². The molecule has 0 radical (unpaired) electrons. The lowest BCUT2D eigenvalue weighted by Crippen LogP contribution is -2.11. The molecule has 0 N–H and O–H groups in total. The Kier molecular flexibility index (Phi) is 6.89. The van der Waals surface area contributed by atoms with Crippen molar-refractivity contribution in [2.45, 2.75) is 46.1 Å². The maximum atomic E-state index is 6.39. The van der Waals surface area contributed by atoms with E-state index in [1.54, 1.807) is 13.3 Å². The lowest BCUT2D eigenvalue weighted by atomic mass is 10.0. The second-order valence-electron chi connectivity index (χ2n) is 6.38. The molecule has 0 aromatic heterocycles. The van der Waals surface area contributed by atoms with E-state index in [2.05, 4.69) is 37.9 Å². The highest BCUT2D eigenvalue weighted by Gasteiger charge is 2.14. The van der Waals surface area contributed by atoms with Crippen LogP contribution in [0.5, 0.6) is 11.5 Å². The lowest BCUT2D eigenvalue weighted by Gasteiger charge is -2.17. The van der Waals surface area contributed by atoms with Gasteiger partial charge in [-0.1, -0.05) is 44.5 Å². The van der Waals surface area contributed by atoms with Crippen molar-refractivity contribution < 1.29 is 9.47 Å². The first-order valence-electron chi connectivity index (χ1n) is 8.62. The zero-order valence-corrected chi connectivity index (χ0v) is 16.3. The number of ether oxygens (including phenoxy) is 2. The SMILES string of the molecule is CC[C@H](C)Oc1c(Cl)cc(C=Nc2ccc(C(C)C)cc2)cc1OC. The molecule has 0 spiro atoms.